The quantitative estimate of drug-likeness (QED) is 0.564. The van der Waals surface area contributed by atoms with E-state index in [4.69, 9.17) is 9.47 Å². The van der Waals surface area contributed by atoms with Crippen LogP contribution in [0.3, 0.4) is 0 Å². The predicted octanol–water partition coefficient (Wildman–Crippen LogP) is 4.68. The van der Waals surface area contributed by atoms with Gasteiger partial charge < -0.3 is 9.47 Å². The minimum absolute atomic E-state index is 0. The minimum Gasteiger partial charge on any atom is -0.488 e. The molecule has 0 bridgehead atoms. The number of hydrogen-bond acceptors (Lipinski definition) is 4. The van der Waals surface area contributed by atoms with E-state index < -0.39 is 0 Å². The first-order valence-electron chi connectivity index (χ1n) is 9.55. The summed E-state index contributed by atoms with van der Waals surface area (Å²) in [5.74, 6) is 1.38. The van der Waals surface area contributed by atoms with E-state index in [0.29, 0.717) is 29.9 Å². The van der Waals surface area contributed by atoms with E-state index in [9.17, 15) is 4.79 Å². The van der Waals surface area contributed by atoms with Crippen LogP contribution in [-0.2, 0) is 0 Å². The van der Waals surface area contributed by atoms with Crippen molar-refractivity contribution in [1.82, 2.24) is 4.90 Å². The molecule has 0 radical (unpaired) electrons. The van der Waals surface area contributed by atoms with E-state index in [2.05, 4.69) is 17.9 Å². The van der Waals surface area contributed by atoms with Gasteiger partial charge in [-0.05, 0) is 50.6 Å². The zero-order valence-corrected chi connectivity index (χ0v) is 16.4. The van der Waals surface area contributed by atoms with Gasteiger partial charge in [0.25, 0.3) is 0 Å². The molecule has 0 aliphatic carbocycles. The van der Waals surface area contributed by atoms with E-state index in [1.165, 1.54) is 12.0 Å². The molecule has 2 aliphatic rings. The van der Waals surface area contributed by atoms with Crippen molar-refractivity contribution in [3.63, 3.8) is 0 Å². The molecule has 4 nitrogen and oxygen atoms in total. The van der Waals surface area contributed by atoms with E-state index in [1.54, 1.807) is 12.1 Å². The van der Waals surface area contributed by atoms with Crippen LogP contribution in [0.1, 0.15) is 48.0 Å². The number of benzene rings is 2. The summed E-state index contributed by atoms with van der Waals surface area (Å²) < 4.78 is 11.8. The maximum atomic E-state index is 12.4. The number of hydrogen-bond donors (Lipinski definition) is 0. The van der Waals surface area contributed by atoms with E-state index in [1.807, 2.05) is 30.3 Å². The Kier molecular flexibility index (Phi) is 6.40. The first-order chi connectivity index (χ1) is 12.8. The fraction of sp³-hybridized carbons (Fsp3) is 0.409. The second kappa shape index (κ2) is 8.77. The Morgan fingerprint density at radius 1 is 1.19 bits per heavy atom. The van der Waals surface area contributed by atoms with E-state index in [0.717, 1.165) is 31.7 Å². The van der Waals surface area contributed by atoms with Crippen molar-refractivity contribution in [2.24, 2.45) is 0 Å². The molecule has 144 valence electrons. The van der Waals surface area contributed by atoms with Gasteiger partial charge in [-0.2, -0.15) is 0 Å². The highest BCUT2D eigenvalue weighted by molar-refractivity contribution is 5.91. The lowest BCUT2D eigenvalue weighted by Crippen LogP contribution is -2.49. The smallest absolute Gasteiger partial charge is 0.343 e. The monoisotopic (exact) mass is 387 g/mol. The van der Waals surface area contributed by atoms with Gasteiger partial charge in [0.15, 0.2) is 11.5 Å². The third-order valence-electron chi connectivity index (χ3n) is 5.42. The van der Waals surface area contributed by atoms with Gasteiger partial charge in [0.1, 0.15) is 6.61 Å². The van der Waals surface area contributed by atoms with Crippen molar-refractivity contribution in [1.29, 1.82) is 0 Å². The fourth-order valence-corrected chi connectivity index (χ4v) is 4.24. The summed E-state index contributed by atoms with van der Waals surface area (Å²) in [6.45, 7) is 5.15. The molecule has 2 aromatic carbocycles. The molecule has 27 heavy (non-hydrogen) atoms. The maximum absolute atomic E-state index is 12.4. The van der Waals surface area contributed by atoms with Crippen LogP contribution >= 0.6 is 12.4 Å². The molecule has 2 aromatic rings. The van der Waals surface area contributed by atoms with Gasteiger partial charge in [-0.3, -0.25) is 4.90 Å². The molecule has 0 unspecified atom stereocenters. The average molecular weight is 388 g/mol. The summed E-state index contributed by atoms with van der Waals surface area (Å²) in [4.78, 5) is 15.0. The third kappa shape index (κ3) is 3.97. The molecule has 2 aliphatic heterocycles. The average Bonchev–Trinajstić information content (AvgIpc) is 2.69. The standard InChI is InChI=1S/C22H25NO3.ClH/c1-2-13-23-14-7-11-17-18-10-6-12-20(21(18)25-15-19(17)23)26-22(24)16-8-4-3-5-9-16;/h3-6,8-10,12,17,19H,2,7,11,13-15H2,1H3;1H/t17-,19-;/m1./s1. The van der Waals surface area contributed by atoms with Crippen LogP contribution in [0.4, 0.5) is 0 Å². The van der Waals surface area contributed by atoms with Gasteiger partial charge in [-0.15, -0.1) is 12.4 Å². The molecule has 1 fully saturated rings. The number of ether oxygens (including phenoxy) is 2. The Bertz CT molecular complexity index is 778. The Morgan fingerprint density at radius 2 is 2.00 bits per heavy atom. The first kappa shape index (κ1) is 19.7. The zero-order chi connectivity index (χ0) is 17.9. The summed E-state index contributed by atoms with van der Waals surface area (Å²) in [6.07, 6.45) is 3.52. The van der Waals surface area contributed by atoms with Crippen molar-refractivity contribution in [2.45, 2.75) is 38.1 Å². The number of carbonyl (C=O) groups excluding carboxylic acids is 1. The highest BCUT2D eigenvalue weighted by Crippen LogP contribution is 2.45. The lowest BCUT2D eigenvalue weighted by atomic mass is 9.81. The van der Waals surface area contributed by atoms with Gasteiger partial charge >= 0.3 is 5.97 Å². The Balaban J connectivity index is 0.00000210. The van der Waals surface area contributed by atoms with Crippen LogP contribution in [0.5, 0.6) is 11.5 Å². The number of halogens is 1. The first-order valence-corrected chi connectivity index (χ1v) is 9.55. The highest BCUT2D eigenvalue weighted by Gasteiger charge is 2.38. The zero-order valence-electron chi connectivity index (χ0n) is 15.6. The van der Waals surface area contributed by atoms with Crippen LogP contribution in [0.2, 0.25) is 0 Å². The van der Waals surface area contributed by atoms with Gasteiger partial charge in [-0.25, -0.2) is 4.79 Å². The van der Waals surface area contributed by atoms with Crippen molar-refractivity contribution in [3.8, 4) is 11.5 Å². The predicted molar refractivity (Wildman–Crippen MR) is 108 cm³/mol. The molecule has 0 saturated carbocycles. The van der Waals surface area contributed by atoms with Gasteiger partial charge in [0.05, 0.1) is 11.6 Å². The molecule has 4 rings (SSSR count). The van der Waals surface area contributed by atoms with Crippen LogP contribution < -0.4 is 9.47 Å². The minimum atomic E-state index is -0.346. The normalized spacial score (nSPS) is 21.2. The van der Waals surface area contributed by atoms with E-state index in [-0.39, 0.29) is 18.4 Å². The number of para-hydroxylation sites is 1. The lowest BCUT2D eigenvalue weighted by molar-refractivity contribution is 0.0603. The summed E-state index contributed by atoms with van der Waals surface area (Å²) in [6, 6.07) is 15.4. The number of piperidine rings is 1. The maximum Gasteiger partial charge on any atom is 0.343 e. The second-order valence-electron chi connectivity index (χ2n) is 7.09. The molecule has 2 heterocycles. The number of nitrogens with zero attached hydrogens (tertiary/aromatic N) is 1. The summed E-state index contributed by atoms with van der Waals surface area (Å²) in [5, 5.41) is 0. The summed E-state index contributed by atoms with van der Waals surface area (Å²) >= 11 is 0. The molecular weight excluding hydrogens is 362 g/mol. The topological polar surface area (TPSA) is 38.8 Å². The SMILES string of the molecule is CCCN1CCC[C@@H]2c3cccc(OC(=O)c4ccccc4)c3OC[C@H]21.Cl. The van der Waals surface area contributed by atoms with Crippen molar-refractivity contribution in [3.05, 3.63) is 59.7 Å². The molecular formula is C22H26ClNO3. The van der Waals surface area contributed by atoms with Crippen LogP contribution in [0.15, 0.2) is 48.5 Å². The number of fused-ring (bicyclic) bond motifs is 3. The fourth-order valence-electron chi connectivity index (χ4n) is 4.24. The molecule has 5 heteroatoms. The lowest BCUT2D eigenvalue weighted by Gasteiger charge is -2.44. The van der Waals surface area contributed by atoms with Crippen molar-refractivity contribution >= 4 is 18.4 Å². The van der Waals surface area contributed by atoms with Gasteiger partial charge in [0.2, 0.25) is 0 Å². The van der Waals surface area contributed by atoms with E-state index >= 15 is 0 Å². The van der Waals surface area contributed by atoms with Crippen LogP contribution in [0, 0.1) is 0 Å². The summed E-state index contributed by atoms with van der Waals surface area (Å²) in [7, 11) is 0. The van der Waals surface area contributed by atoms with Gasteiger partial charge in [-0.1, -0.05) is 37.3 Å². The molecule has 0 aromatic heterocycles. The number of likely N-dealkylation sites (tertiary alicyclic amines) is 1. The third-order valence-corrected chi connectivity index (χ3v) is 5.42. The van der Waals surface area contributed by atoms with Gasteiger partial charge in [0, 0.05) is 11.5 Å². The number of esters is 1. The summed E-state index contributed by atoms with van der Waals surface area (Å²) in [5.41, 5.74) is 1.73. The highest BCUT2D eigenvalue weighted by atomic mass is 35.5. The molecule has 2 atom stereocenters. The Morgan fingerprint density at radius 3 is 2.78 bits per heavy atom. The van der Waals surface area contributed by atoms with Crippen LogP contribution in [0.25, 0.3) is 0 Å². The Labute approximate surface area is 166 Å². The number of rotatable bonds is 4. The molecule has 0 N–H and O–H groups in total. The van der Waals surface area contributed by atoms with Crippen molar-refractivity contribution < 1.29 is 14.3 Å². The molecule has 0 spiro atoms. The Hall–Kier alpha value is -2.04. The van der Waals surface area contributed by atoms with Crippen molar-refractivity contribution in [2.75, 3.05) is 19.7 Å². The number of carbonyl (C=O) groups is 1. The van der Waals surface area contributed by atoms with Crippen LogP contribution in [-0.4, -0.2) is 36.6 Å². The molecule has 1 saturated heterocycles. The largest absolute Gasteiger partial charge is 0.488 e. The second-order valence-corrected chi connectivity index (χ2v) is 7.09. The molecule has 0 amide bonds.